The zero-order valence-corrected chi connectivity index (χ0v) is 12.1. The van der Waals surface area contributed by atoms with Crippen LogP contribution >= 0.6 is 0 Å². The summed E-state index contributed by atoms with van der Waals surface area (Å²) in [6, 6.07) is 0.377. The van der Waals surface area contributed by atoms with Gasteiger partial charge in [0.15, 0.2) is 0 Å². The molecule has 1 aliphatic heterocycles. The molecular formula is C15H22N4O. The van der Waals surface area contributed by atoms with Gasteiger partial charge in [0.2, 0.25) is 5.95 Å². The molecule has 2 N–H and O–H groups in total. The predicted octanol–water partition coefficient (Wildman–Crippen LogP) is 2.05. The van der Waals surface area contributed by atoms with Crippen LogP contribution in [0.5, 0.6) is 0 Å². The lowest BCUT2D eigenvalue weighted by molar-refractivity contribution is 0.126. The SMILES string of the molecule is CC1=Cc2cnc(NC3CCC(O)CC3)nc2N(C)C1. The number of aromatic nitrogens is 2. The number of nitrogens with one attached hydrogen (secondary N) is 1. The highest BCUT2D eigenvalue weighted by Gasteiger charge is 2.21. The average molecular weight is 274 g/mol. The summed E-state index contributed by atoms with van der Waals surface area (Å²) in [6.45, 7) is 3.04. The number of anilines is 2. The lowest BCUT2D eigenvalue weighted by atomic mass is 9.93. The molecule has 2 heterocycles. The molecule has 1 aliphatic carbocycles. The first-order valence-corrected chi connectivity index (χ1v) is 7.32. The zero-order chi connectivity index (χ0) is 14.1. The standard InChI is InChI=1S/C15H22N4O/c1-10-7-11-8-16-15(18-14(11)19(2)9-10)17-12-3-5-13(20)6-4-12/h7-8,12-13,20H,3-6,9H2,1-2H3,(H,16,17,18). The van der Waals surface area contributed by atoms with Crippen molar-refractivity contribution in [2.75, 3.05) is 23.8 Å². The Hall–Kier alpha value is -1.62. The normalized spacial score (nSPS) is 25.9. The van der Waals surface area contributed by atoms with E-state index in [9.17, 15) is 5.11 Å². The van der Waals surface area contributed by atoms with E-state index in [1.807, 2.05) is 6.20 Å². The summed E-state index contributed by atoms with van der Waals surface area (Å²) < 4.78 is 0. The molecule has 0 atom stereocenters. The van der Waals surface area contributed by atoms with Crippen LogP contribution in [0.25, 0.3) is 6.08 Å². The molecular weight excluding hydrogens is 252 g/mol. The molecule has 108 valence electrons. The predicted molar refractivity (Wildman–Crippen MR) is 80.8 cm³/mol. The third kappa shape index (κ3) is 2.77. The van der Waals surface area contributed by atoms with E-state index in [1.54, 1.807) is 0 Å². The number of aliphatic hydroxyl groups is 1. The van der Waals surface area contributed by atoms with E-state index in [0.29, 0.717) is 12.0 Å². The molecule has 0 radical (unpaired) electrons. The Bertz CT molecular complexity index is 521. The highest BCUT2D eigenvalue weighted by Crippen LogP contribution is 2.27. The number of fused-ring (bicyclic) bond motifs is 1. The minimum atomic E-state index is -0.128. The van der Waals surface area contributed by atoms with Crippen LogP contribution in [0.4, 0.5) is 11.8 Å². The van der Waals surface area contributed by atoms with Crippen LogP contribution < -0.4 is 10.2 Å². The maximum absolute atomic E-state index is 9.54. The third-order valence-electron chi connectivity index (χ3n) is 4.08. The molecule has 0 bridgehead atoms. The maximum Gasteiger partial charge on any atom is 0.224 e. The minimum Gasteiger partial charge on any atom is -0.393 e. The van der Waals surface area contributed by atoms with Crippen molar-refractivity contribution in [3.8, 4) is 0 Å². The van der Waals surface area contributed by atoms with Gasteiger partial charge >= 0.3 is 0 Å². The molecule has 0 aromatic carbocycles. The number of rotatable bonds is 2. The molecule has 0 saturated heterocycles. The lowest BCUT2D eigenvalue weighted by Crippen LogP contribution is -2.30. The van der Waals surface area contributed by atoms with Crippen molar-refractivity contribution in [2.45, 2.75) is 44.8 Å². The van der Waals surface area contributed by atoms with E-state index in [4.69, 9.17) is 0 Å². The topological polar surface area (TPSA) is 61.3 Å². The molecule has 0 spiro atoms. The summed E-state index contributed by atoms with van der Waals surface area (Å²) in [5.74, 6) is 1.69. The summed E-state index contributed by atoms with van der Waals surface area (Å²) in [7, 11) is 2.06. The van der Waals surface area contributed by atoms with Gasteiger partial charge in [-0.05, 0) is 38.7 Å². The first-order valence-electron chi connectivity index (χ1n) is 7.32. The Kier molecular flexibility index (Phi) is 3.61. The fourth-order valence-corrected chi connectivity index (χ4v) is 3.02. The summed E-state index contributed by atoms with van der Waals surface area (Å²) in [5.41, 5.74) is 2.41. The second kappa shape index (κ2) is 5.40. The second-order valence-corrected chi connectivity index (χ2v) is 5.97. The van der Waals surface area contributed by atoms with Crippen molar-refractivity contribution in [2.24, 2.45) is 0 Å². The van der Waals surface area contributed by atoms with E-state index in [-0.39, 0.29) is 6.10 Å². The van der Waals surface area contributed by atoms with Crippen molar-refractivity contribution in [3.05, 3.63) is 17.3 Å². The van der Waals surface area contributed by atoms with Crippen molar-refractivity contribution in [1.82, 2.24) is 9.97 Å². The molecule has 3 rings (SSSR count). The quantitative estimate of drug-likeness (QED) is 0.864. The van der Waals surface area contributed by atoms with Gasteiger partial charge in [0.05, 0.1) is 6.10 Å². The number of nitrogens with zero attached hydrogens (tertiary/aromatic N) is 3. The number of hydrogen-bond donors (Lipinski definition) is 2. The second-order valence-electron chi connectivity index (χ2n) is 5.97. The van der Waals surface area contributed by atoms with Gasteiger partial charge in [0.1, 0.15) is 5.82 Å². The van der Waals surface area contributed by atoms with Crippen LogP contribution in [0.1, 0.15) is 38.2 Å². The molecule has 0 unspecified atom stereocenters. The Morgan fingerprint density at radius 1 is 1.30 bits per heavy atom. The molecule has 1 aromatic heterocycles. The average Bonchev–Trinajstić information content (AvgIpc) is 2.42. The van der Waals surface area contributed by atoms with Crippen LogP contribution in [-0.4, -0.2) is 40.8 Å². The van der Waals surface area contributed by atoms with Crippen molar-refractivity contribution < 1.29 is 5.11 Å². The summed E-state index contributed by atoms with van der Waals surface area (Å²) >= 11 is 0. The lowest BCUT2D eigenvalue weighted by Gasteiger charge is -2.28. The first-order chi connectivity index (χ1) is 9.61. The highest BCUT2D eigenvalue weighted by atomic mass is 16.3. The van der Waals surface area contributed by atoms with Crippen LogP contribution in [-0.2, 0) is 0 Å². The van der Waals surface area contributed by atoms with Gasteiger partial charge in [0, 0.05) is 31.4 Å². The number of aliphatic hydroxyl groups excluding tert-OH is 1. The molecule has 5 nitrogen and oxygen atoms in total. The van der Waals surface area contributed by atoms with Gasteiger partial charge < -0.3 is 15.3 Å². The molecule has 1 fully saturated rings. The highest BCUT2D eigenvalue weighted by molar-refractivity contribution is 5.70. The zero-order valence-electron chi connectivity index (χ0n) is 12.1. The van der Waals surface area contributed by atoms with Gasteiger partial charge in [-0.15, -0.1) is 0 Å². The molecule has 20 heavy (non-hydrogen) atoms. The molecule has 2 aliphatic rings. The number of likely N-dealkylation sites (N-methyl/N-ethyl adjacent to an activating group) is 1. The summed E-state index contributed by atoms with van der Waals surface area (Å²) in [4.78, 5) is 11.2. The molecule has 5 heteroatoms. The van der Waals surface area contributed by atoms with E-state index in [2.05, 4.69) is 40.2 Å². The molecule has 1 saturated carbocycles. The first kappa shape index (κ1) is 13.4. The molecule has 1 aromatic rings. The van der Waals surface area contributed by atoms with Crippen LogP contribution in [0.3, 0.4) is 0 Å². The Morgan fingerprint density at radius 3 is 2.80 bits per heavy atom. The van der Waals surface area contributed by atoms with Gasteiger partial charge in [-0.2, -0.15) is 4.98 Å². The van der Waals surface area contributed by atoms with Crippen LogP contribution in [0.2, 0.25) is 0 Å². The van der Waals surface area contributed by atoms with Crippen LogP contribution in [0, 0.1) is 0 Å². The van der Waals surface area contributed by atoms with Crippen molar-refractivity contribution >= 4 is 17.8 Å². The monoisotopic (exact) mass is 274 g/mol. The minimum absolute atomic E-state index is 0.128. The molecule has 0 amide bonds. The summed E-state index contributed by atoms with van der Waals surface area (Å²) in [5, 5.41) is 12.9. The maximum atomic E-state index is 9.54. The Labute approximate surface area is 119 Å². The van der Waals surface area contributed by atoms with E-state index >= 15 is 0 Å². The van der Waals surface area contributed by atoms with Gasteiger partial charge in [0.25, 0.3) is 0 Å². The summed E-state index contributed by atoms with van der Waals surface area (Å²) in [6.07, 6.45) is 7.61. The van der Waals surface area contributed by atoms with E-state index in [0.717, 1.165) is 43.6 Å². The van der Waals surface area contributed by atoms with E-state index < -0.39 is 0 Å². The number of hydrogen-bond acceptors (Lipinski definition) is 5. The van der Waals surface area contributed by atoms with Crippen molar-refractivity contribution in [3.63, 3.8) is 0 Å². The van der Waals surface area contributed by atoms with Crippen molar-refractivity contribution in [1.29, 1.82) is 0 Å². The Morgan fingerprint density at radius 2 is 2.05 bits per heavy atom. The third-order valence-corrected chi connectivity index (χ3v) is 4.08. The Balaban J connectivity index is 1.74. The van der Waals surface area contributed by atoms with Gasteiger partial charge in [-0.1, -0.05) is 5.57 Å². The smallest absolute Gasteiger partial charge is 0.224 e. The van der Waals surface area contributed by atoms with E-state index in [1.165, 1.54) is 5.57 Å². The van der Waals surface area contributed by atoms with Gasteiger partial charge in [-0.25, -0.2) is 4.98 Å². The largest absolute Gasteiger partial charge is 0.393 e. The fraction of sp³-hybridized carbons (Fsp3) is 0.600. The fourth-order valence-electron chi connectivity index (χ4n) is 3.02. The van der Waals surface area contributed by atoms with Gasteiger partial charge in [-0.3, -0.25) is 0 Å². The van der Waals surface area contributed by atoms with Crippen LogP contribution in [0.15, 0.2) is 11.8 Å².